The Labute approximate surface area is 119 Å². The number of hydrogen-bond donors (Lipinski definition) is 1. The molecule has 0 amide bonds. The molecule has 1 N–H and O–H groups in total. The van der Waals surface area contributed by atoms with Gasteiger partial charge in [0.05, 0.1) is 23.4 Å². The van der Waals surface area contributed by atoms with Crippen molar-refractivity contribution in [2.24, 2.45) is 11.8 Å². The van der Waals surface area contributed by atoms with E-state index in [1.54, 1.807) is 0 Å². The fourth-order valence-electron chi connectivity index (χ4n) is 2.17. The third kappa shape index (κ3) is 5.13. The Bertz CT molecular complexity index is 456. The van der Waals surface area contributed by atoms with Crippen LogP contribution in [-0.4, -0.2) is 40.2 Å². The number of nitro groups is 1. The van der Waals surface area contributed by atoms with Crippen molar-refractivity contribution < 1.29 is 9.72 Å². The van der Waals surface area contributed by atoms with Crippen LogP contribution in [0.15, 0.2) is 12.3 Å². The summed E-state index contributed by atoms with van der Waals surface area (Å²) < 4.78 is 0. The number of nitrogens with zero attached hydrogens (tertiary/aromatic N) is 2. The minimum Gasteiger partial charge on any atom is -0.353 e. The lowest BCUT2D eigenvalue weighted by molar-refractivity contribution is -0.384. The number of Topliss-reactive ketones (excluding diaryl/α,β-unsaturated/α-hetero) is 1. The van der Waals surface area contributed by atoms with Gasteiger partial charge in [-0.3, -0.25) is 19.8 Å². The van der Waals surface area contributed by atoms with Crippen LogP contribution in [0.1, 0.15) is 38.2 Å². The molecular formula is C14H23N3O3. The molecule has 0 saturated carbocycles. The normalized spacial score (nSPS) is 11.6. The molecule has 1 heterocycles. The molecule has 1 rings (SSSR count). The molecule has 0 radical (unpaired) electrons. The Morgan fingerprint density at radius 2 is 1.85 bits per heavy atom. The van der Waals surface area contributed by atoms with E-state index in [1.807, 2.05) is 0 Å². The van der Waals surface area contributed by atoms with Gasteiger partial charge in [-0.25, -0.2) is 0 Å². The van der Waals surface area contributed by atoms with Gasteiger partial charge in [0.25, 0.3) is 5.69 Å². The Kier molecular flexibility index (Phi) is 5.88. The summed E-state index contributed by atoms with van der Waals surface area (Å²) in [5, 5.41) is 10.6. The SMILES string of the molecule is CC(C)CN(CC(=O)c1cc([N+](=O)[O-])c[nH]1)CC(C)C. The molecule has 112 valence electrons. The highest BCUT2D eigenvalue weighted by molar-refractivity contribution is 5.96. The average molecular weight is 281 g/mol. The molecule has 1 aromatic rings. The van der Waals surface area contributed by atoms with Gasteiger partial charge in [0, 0.05) is 19.2 Å². The number of aromatic amines is 1. The van der Waals surface area contributed by atoms with Gasteiger partial charge in [0.15, 0.2) is 5.78 Å². The molecular weight excluding hydrogens is 258 g/mol. The van der Waals surface area contributed by atoms with E-state index in [-0.39, 0.29) is 18.0 Å². The summed E-state index contributed by atoms with van der Waals surface area (Å²) in [4.78, 5) is 27.0. The average Bonchev–Trinajstić information content (AvgIpc) is 2.75. The number of rotatable bonds is 8. The van der Waals surface area contributed by atoms with E-state index in [0.29, 0.717) is 17.5 Å². The minimum absolute atomic E-state index is 0.0763. The van der Waals surface area contributed by atoms with Crippen molar-refractivity contribution in [1.29, 1.82) is 0 Å². The van der Waals surface area contributed by atoms with Crippen LogP contribution in [0.4, 0.5) is 5.69 Å². The zero-order valence-electron chi connectivity index (χ0n) is 12.5. The van der Waals surface area contributed by atoms with Gasteiger partial charge >= 0.3 is 0 Å². The van der Waals surface area contributed by atoms with Gasteiger partial charge in [-0.2, -0.15) is 0 Å². The van der Waals surface area contributed by atoms with Crippen LogP contribution >= 0.6 is 0 Å². The van der Waals surface area contributed by atoms with Gasteiger partial charge in [0.1, 0.15) is 0 Å². The van der Waals surface area contributed by atoms with Crippen LogP contribution in [0, 0.1) is 22.0 Å². The summed E-state index contributed by atoms with van der Waals surface area (Å²) >= 11 is 0. The maximum absolute atomic E-state index is 12.2. The molecule has 0 spiro atoms. The summed E-state index contributed by atoms with van der Waals surface area (Å²) in [6.45, 7) is 10.4. The van der Waals surface area contributed by atoms with Crippen LogP contribution in [0.3, 0.4) is 0 Å². The van der Waals surface area contributed by atoms with Crippen molar-refractivity contribution >= 4 is 11.5 Å². The lowest BCUT2D eigenvalue weighted by Crippen LogP contribution is -2.36. The van der Waals surface area contributed by atoms with Crippen molar-refractivity contribution in [3.8, 4) is 0 Å². The van der Waals surface area contributed by atoms with Crippen molar-refractivity contribution in [3.05, 3.63) is 28.1 Å². The maximum Gasteiger partial charge on any atom is 0.287 e. The van der Waals surface area contributed by atoms with E-state index >= 15 is 0 Å². The lowest BCUT2D eigenvalue weighted by atomic mass is 10.1. The lowest BCUT2D eigenvalue weighted by Gasteiger charge is -2.25. The molecule has 0 atom stereocenters. The van der Waals surface area contributed by atoms with E-state index in [9.17, 15) is 14.9 Å². The smallest absolute Gasteiger partial charge is 0.287 e. The molecule has 0 unspecified atom stereocenters. The molecule has 0 aliphatic heterocycles. The molecule has 0 aromatic carbocycles. The predicted molar refractivity (Wildman–Crippen MR) is 77.9 cm³/mol. The van der Waals surface area contributed by atoms with E-state index in [4.69, 9.17) is 0 Å². The Morgan fingerprint density at radius 3 is 2.25 bits per heavy atom. The highest BCUT2D eigenvalue weighted by atomic mass is 16.6. The van der Waals surface area contributed by atoms with Crippen molar-refractivity contribution in [3.63, 3.8) is 0 Å². The molecule has 6 nitrogen and oxygen atoms in total. The third-order valence-electron chi connectivity index (χ3n) is 2.79. The minimum atomic E-state index is -0.507. The van der Waals surface area contributed by atoms with Gasteiger partial charge in [-0.05, 0) is 11.8 Å². The number of aromatic nitrogens is 1. The predicted octanol–water partition coefficient (Wildman–Crippen LogP) is 2.72. The van der Waals surface area contributed by atoms with Crippen LogP contribution in [0.5, 0.6) is 0 Å². The summed E-state index contributed by atoms with van der Waals surface area (Å²) in [5.41, 5.74) is 0.224. The second-order valence-corrected chi connectivity index (χ2v) is 5.93. The third-order valence-corrected chi connectivity index (χ3v) is 2.79. The maximum atomic E-state index is 12.2. The first-order valence-corrected chi connectivity index (χ1v) is 6.88. The van der Waals surface area contributed by atoms with Gasteiger partial charge in [-0.15, -0.1) is 0 Å². The zero-order chi connectivity index (χ0) is 15.3. The Morgan fingerprint density at radius 1 is 1.30 bits per heavy atom. The van der Waals surface area contributed by atoms with Crippen molar-refractivity contribution in [2.75, 3.05) is 19.6 Å². The summed E-state index contributed by atoms with van der Waals surface area (Å²) in [5.74, 6) is 0.832. The topological polar surface area (TPSA) is 79.2 Å². The first kappa shape index (κ1) is 16.4. The van der Waals surface area contributed by atoms with Crippen molar-refractivity contribution in [1.82, 2.24) is 9.88 Å². The molecule has 1 aromatic heterocycles. The molecule has 0 bridgehead atoms. The van der Waals surface area contributed by atoms with Gasteiger partial charge in [0.2, 0.25) is 0 Å². The van der Waals surface area contributed by atoms with Crippen LogP contribution in [0.2, 0.25) is 0 Å². The number of H-pyrrole nitrogens is 1. The quantitative estimate of drug-likeness (QED) is 0.451. The number of ketones is 1. The summed E-state index contributed by atoms with van der Waals surface area (Å²) in [6.07, 6.45) is 1.25. The van der Waals surface area contributed by atoms with E-state index < -0.39 is 4.92 Å². The van der Waals surface area contributed by atoms with Gasteiger partial charge in [-0.1, -0.05) is 27.7 Å². The number of hydrogen-bond acceptors (Lipinski definition) is 4. The second kappa shape index (κ2) is 7.19. The fourth-order valence-corrected chi connectivity index (χ4v) is 2.17. The number of nitrogens with one attached hydrogen (secondary N) is 1. The fraction of sp³-hybridized carbons (Fsp3) is 0.643. The molecule has 0 saturated heterocycles. The molecule has 0 aliphatic rings. The van der Waals surface area contributed by atoms with Crippen LogP contribution in [0.25, 0.3) is 0 Å². The zero-order valence-corrected chi connectivity index (χ0v) is 12.5. The van der Waals surface area contributed by atoms with Gasteiger partial charge < -0.3 is 4.98 Å². The monoisotopic (exact) mass is 281 g/mol. The Hall–Kier alpha value is -1.69. The molecule has 0 fully saturated rings. The largest absolute Gasteiger partial charge is 0.353 e. The first-order chi connectivity index (χ1) is 9.29. The summed E-state index contributed by atoms with van der Waals surface area (Å²) in [7, 11) is 0. The van der Waals surface area contributed by atoms with E-state index in [0.717, 1.165) is 13.1 Å². The second-order valence-electron chi connectivity index (χ2n) is 5.93. The molecule has 0 aliphatic carbocycles. The molecule has 20 heavy (non-hydrogen) atoms. The van der Waals surface area contributed by atoms with Crippen LogP contribution in [-0.2, 0) is 0 Å². The standard InChI is InChI=1S/C14H23N3O3/c1-10(2)7-16(8-11(3)4)9-14(18)13-5-12(6-15-13)17(19)20/h5-6,10-11,15H,7-9H2,1-4H3. The number of carbonyl (C=O) groups is 1. The first-order valence-electron chi connectivity index (χ1n) is 6.88. The summed E-state index contributed by atoms with van der Waals surface area (Å²) in [6, 6.07) is 1.30. The highest BCUT2D eigenvalue weighted by Gasteiger charge is 2.18. The number of carbonyl (C=O) groups excluding carboxylic acids is 1. The van der Waals surface area contributed by atoms with Crippen molar-refractivity contribution in [2.45, 2.75) is 27.7 Å². The highest BCUT2D eigenvalue weighted by Crippen LogP contribution is 2.13. The van der Waals surface area contributed by atoms with E-state index in [2.05, 4.69) is 37.6 Å². The van der Waals surface area contributed by atoms with Crippen LogP contribution < -0.4 is 0 Å². The Balaban J connectivity index is 2.70. The van der Waals surface area contributed by atoms with E-state index in [1.165, 1.54) is 12.3 Å². The molecule has 6 heteroatoms.